The molecule has 1 saturated heterocycles. The molecule has 0 aromatic carbocycles. The average Bonchev–Trinajstić information content (AvgIpc) is 2.65. The van der Waals surface area contributed by atoms with Crippen molar-refractivity contribution in [2.75, 3.05) is 19.8 Å². The summed E-state index contributed by atoms with van der Waals surface area (Å²) in [5.74, 6) is 0. The Bertz CT molecular complexity index is 316. The summed E-state index contributed by atoms with van der Waals surface area (Å²) in [6.07, 6.45) is 6.69. The molecule has 1 aliphatic rings. The lowest BCUT2D eigenvalue weighted by Crippen LogP contribution is -2.35. The summed E-state index contributed by atoms with van der Waals surface area (Å²) in [5, 5.41) is 13.7. The second-order valence-electron chi connectivity index (χ2n) is 4.47. The van der Waals surface area contributed by atoms with Gasteiger partial charge in [-0.05, 0) is 24.8 Å². The summed E-state index contributed by atoms with van der Waals surface area (Å²) >= 11 is 0. The van der Waals surface area contributed by atoms with Crippen molar-refractivity contribution in [1.29, 1.82) is 0 Å². The first-order valence-electron chi connectivity index (χ1n) is 5.40. The van der Waals surface area contributed by atoms with E-state index in [1.54, 1.807) is 4.68 Å². The summed E-state index contributed by atoms with van der Waals surface area (Å²) in [4.78, 5) is 0. The van der Waals surface area contributed by atoms with Gasteiger partial charge in [0.15, 0.2) is 0 Å². The molecule has 15 heavy (non-hydrogen) atoms. The van der Waals surface area contributed by atoms with E-state index >= 15 is 0 Å². The molecule has 0 saturated carbocycles. The molecule has 2 heterocycles. The quantitative estimate of drug-likeness (QED) is 0.801. The first-order chi connectivity index (χ1) is 7.24. The summed E-state index contributed by atoms with van der Waals surface area (Å²) < 4.78 is 7.14. The molecule has 1 aliphatic heterocycles. The number of aryl methyl sites for hydroxylation is 1. The Morgan fingerprint density at radius 1 is 1.53 bits per heavy atom. The number of aliphatic hydroxyl groups is 1. The van der Waals surface area contributed by atoms with Crippen LogP contribution in [0.3, 0.4) is 0 Å². The number of rotatable bonds is 3. The van der Waals surface area contributed by atoms with Crippen molar-refractivity contribution in [3.8, 4) is 0 Å². The molecule has 0 amide bonds. The second-order valence-corrected chi connectivity index (χ2v) is 4.47. The van der Waals surface area contributed by atoms with Crippen molar-refractivity contribution >= 4 is 0 Å². The third-order valence-electron chi connectivity index (χ3n) is 3.23. The van der Waals surface area contributed by atoms with E-state index in [1.165, 1.54) is 5.56 Å². The maximum atomic E-state index is 9.53. The van der Waals surface area contributed by atoms with E-state index in [4.69, 9.17) is 4.74 Å². The Morgan fingerprint density at radius 3 is 2.80 bits per heavy atom. The van der Waals surface area contributed by atoms with E-state index in [2.05, 4.69) is 5.10 Å². The minimum Gasteiger partial charge on any atom is -0.396 e. The highest BCUT2D eigenvalue weighted by atomic mass is 16.5. The van der Waals surface area contributed by atoms with Crippen LogP contribution in [-0.4, -0.2) is 34.7 Å². The molecule has 1 aromatic rings. The zero-order valence-corrected chi connectivity index (χ0v) is 9.15. The molecule has 1 N–H and O–H groups in total. The van der Waals surface area contributed by atoms with Crippen LogP contribution in [0.1, 0.15) is 18.4 Å². The van der Waals surface area contributed by atoms with Crippen molar-refractivity contribution in [2.45, 2.75) is 19.3 Å². The summed E-state index contributed by atoms with van der Waals surface area (Å²) in [6.45, 7) is 1.77. The second kappa shape index (κ2) is 4.33. The number of aromatic nitrogens is 2. The van der Waals surface area contributed by atoms with Crippen LogP contribution in [0.15, 0.2) is 12.4 Å². The van der Waals surface area contributed by atoms with Gasteiger partial charge in [-0.3, -0.25) is 4.68 Å². The summed E-state index contributed by atoms with van der Waals surface area (Å²) in [5.41, 5.74) is 1.22. The average molecular weight is 210 g/mol. The SMILES string of the molecule is Cn1cc(CC2(CO)CCOCC2)cn1. The molecule has 1 fully saturated rings. The molecule has 4 heteroatoms. The van der Waals surface area contributed by atoms with Crippen LogP contribution in [0.25, 0.3) is 0 Å². The fraction of sp³-hybridized carbons (Fsp3) is 0.727. The van der Waals surface area contributed by atoms with E-state index in [0.29, 0.717) is 0 Å². The monoisotopic (exact) mass is 210 g/mol. The van der Waals surface area contributed by atoms with E-state index in [1.807, 2.05) is 19.4 Å². The molecule has 0 bridgehead atoms. The lowest BCUT2D eigenvalue weighted by atomic mass is 9.76. The number of hydrogen-bond donors (Lipinski definition) is 1. The predicted octanol–water partition coefficient (Wildman–Crippen LogP) is 0.752. The zero-order chi connectivity index (χ0) is 10.7. The van der Waals surface area contributed by atoms with Crippen LogP contribution in [0.2, 0.25) is 0 Å². The highest BCUT2D eigenvalue weighted by Gasteiger charge is 2.32. The van der Waals surface area contributed by atoms with Crippen molar-refractivity contribution < 1.29 is 9.84 Å². The molecule has 0 spiro atoms. The molecule has 0 radical (unpaired) electrons. The van der Waals surface area contributed by atoms with Crippen LogP contribution >= 0.6 is 0 Å². The van der Waals surface area contributed by atoms with Gasteiger partial charge in [-0.2, -0.15) is 5.10 Å². The molecule has 0 atom stereocenters. The third-order valence-corrected chi connectivity index (χ3v) is 3.23. The smallest absolute Gasteiger partial charge is 0.0521 e. The largest absolute Gasteiger partial charge is 0.396 e. The number of hydrogen-bond acceptors (Lipinski definition) is 3. The van der Waals surface area contributed by atoms with Crippen molar-refractivity contribution in [3.63, 3.8) is 0 Å². The van der Waals surface area contributed by atoms with Gasteiger partial charge in [0, 0.05) is 38.5 Å². The van der Waals surface area contributed by atoms with Crippen LogP contribution in [0, 0.1) is 5.41 Å². The maximum Gasteiger partial charge on any atom is 0.0521 e. The Hall–Kier alpha value is -0.870. The van der Waals surface area contributed by atoms with Gasteiger partial charge in [0.25, 0.3) is 0 Å². The molecule has 1 aromatic heterocycles. The first kappa shape index (κ1) is 10.6. The molecule has 84 valence electrons. The molecule has 0 aliphatic carbocycles. The van der Waals surface area contributed by atoms with Gasteiger partial charge < -0.3 is 9.84 Å². The maximum absolute atomic E-state index is 9.53. The minimum atomic E-state index is 0.0152. The van der Waals surface area contributed by atoms with E-state index in [-0.39, 0.29) is 12.0 Å². The predicted molar refractivity (Wildman–Crippen MR) is 56.5 cm³/mol. The Balaban J connectivity index is 2.06. The van der Waals surface area contributed by atoms with Gasteiger partial charge in [-0.25, -0.2) is 0 Å². The van der Waals surface area contributed by atoms with Gasteiger partial charge >= 0.3 is 0 Å². The Morgan fingerprint density at radius 2 is 2.27 bits per heavy atom. The lowest BCUT2D eigenvalue weighted by Gasteiger charge is -2.35. The van der Waals surface area contributed by atoms with Gasteiger partial charge in [-0.15, -0.1) is 0 Å². The van der Waals surface area contributed by atoms with E-state index in [0.717, 1.165) is 32.5 Å². The summed E-state index contributed by atoms with van der Waals surface area (Å²) in [6, 6.07) is 0. The van der Waals surface area contributed by atoms with Crippen LogP contribution in [0.4, 0.5) is 0 Å². The van der Waals surface area contributed by atoms with Gasteiger partial charge in [0.2, 0.25) is 0 Å². The van der Waals surface area contributed by atoms with Crippen LogP contribution < -0.4 is 0 Å². The fourth-order valence-electron chi connectivity index (χ4n) is 2.19. The van der Waals surface area contributed by atoms with Crippen LogP contribution in [-0.2, 0) is 18.2 Å². The lowest BCUT2D eigenvalue weighted by molar-refractivity contribution is -0.0157. The Kier molecular flexibility index (Phi) is 3.07. The van der Waals surface area contributed by atoms with E-state index in [9.17, 15) is 5.11 Å². The fourth-order valence-corrected chi connectivity index (χ4v) is 2.19. The molecule has 4 nitrogen and oxygen atoms in total. The molecular weight excluding hydrogens is 192 g/mol. The van der Waals surface area contributed by atoms with Gasteiger partial charge in [0.05, 0.1) is 6.20 Å². The minimum absolute atomic E-state index is 0.0152. The first-order valence-corrected chi connectivity index (χ1v) is 5.40. The molecule has 2 rings (SSSR count). The normalized spacial score (nSPS) is 20.4. The van der Waals surface area contributed by atoms with Crippen molar-refractivity contribution in [2.24, 2.45) is 12.5 Å². The van der Waals surface area contributed by atoms with Crippen molar-refractivity contribution in [1.82, 2.24) is 9.78 Å². The van der Waals surface area contributed by atoms with Crippen LogP contribution in [0.5, 0.6) is 0 Å². The summed E-state index contributed by atoms with van der Waals surface area (Å²) in [7, 11) is 1.92. The van der Waals surface area contributed by atoms with E-state index < -0.39 is 0 Å². The highest BCUT2D eigenvalue weighted by molar-refractivity contribution is 5.08. The topological polar surface area (TPSA) is 47.3 Å². The van der Waals surface area contributed by atoms with Gasteiger partial charge in [0.1, 0.15) is 0 Å². The third kappa shape index (κ3) is 2.38. The van der Waals surface area contributed by atoms with Gasteiger partial charge in [-0.1, -0.05) is 0 Å². The Labute approximate surface area is 89.9 Å². The number of aliphatic hydroxyl groups excluding tert-OH is 1. The number of ether oxygens (including phenoxy) is 1. The number of nitrogens with zero attached hydrogens (tertiary/aromatic N) is 2. The van der Waals surface area contributed by atoms with Crippen molar-refractivity contribution in [3.05, 3.63) is 18.0 Å². The molecule has 0 unspecified atom stereocenters. The standard InChI is InChI=1S/C11H18N2O2/c1-13-8-10(7-12-13)6-11(9-14)2-4-15-5-3-11/h7-8,14H,2-6,9H2,1H3. The highest BCUT2D eigenvalue weighted by Crippen LogP contribution is 2.33. The molecular formula is C11H18N2O2. The zero-order valence-electron chi connectivity index (χ0n) is 9.15.